The third-order valence-electron chi connectivity index (χ3n) is 6.91. The SMILES string of the molecule is COc1ccc([C@H]2C[C@H](C(F)(F)F)n3nc(C(=O)N4CCN(c5ccccc5)CC4)cc3N2)cc1OC. The molecule has 11 heteroatoms. The lowest BCUT2D eigenvalue weighted by molar-refractivity contribution is -0.173. The number of para-hydroxylation sites is 1. The van der Waals surface area contributed by atoms with Gasteiger partial charge >= 0.3 is 6.18 Å². The number of amides is 1. The summed E-state index contributed by atoms with van der Waals surface area (Å²) < 4.78 is 53.8. The van der Waals surface area contributed by atoms with Gasteiger partial charge in [0, 0.05) is 44.4 Å². The van der Waals surface area contributed by atoms with Gasteiger partial charge in [0.05, 0.1) is 20.3 Å². The first-order valence-electron chi connectivity index (χ1n) is 12.0. The number of carbonyl (C=O) groups excluding carboxylic acids is 1. The molecule has 2 atom stereocenters. The fraction of sp³-hybridized carbons (Fsp3) is 0.385. The summed E-state index contributed by atoms with van der Waals surface area (Å²) in [5.74, 6) is 0.689. The van der Waals surface area contributed by atoms with Gasteiger partial charge in [-0.15, -0.1) is 0 Å². The molecule has 1 saturated heterocycles. The van der Waals surface area contributed by atoms with Crippen LogP contribution in [0.5, 0.6) is 11.5 Å². The van der Waals surface area contributed by atoms with Crippen LogP contribution in [0.1, 0.15) is 34.6 Å². The first-order chi connectivity index (χ1) is 17.8. The number of hydrogen-bond donors (Lipinski definition) is 1. The van der Waals surface area contributed by atoms with Gasteiger partial charge in [0.2, 0.25) is 0 Å². The van der Waals surface area contributed by atoms with Crippen LogP contribution in [0.4, 0.5) is 24.7 Å². The molecule has 0 radical (unpaired) electrons. The molecule has 2 aliphatic heterocycles. The second kappa shape index (κ2) is 9.87. The Balaban J connectivity index is 1.36. The number of aromatic nitrogens is 2. The van der Waals surface area contributed by atoms with E-state index >= 15 is 0 Å². The maximum absolute atomic E-state index is 14.1. The molecule has 0 bridgehead atoms. The molecule has 2 aliphatic rings. The average Bonchev–Trinajstić information content (AvgIpc) is 3.36. The van der Waals surface area contributed by atoms with Crippen molar-refractivity contribution in [3.8, 4) is 11.5 Å². The van der Waals surface area contributed by atoms with Crippen LogP contribution in [0.15, 0.2) is 54.6 Å². The Morgan fingerprint density at radius 2 is 1.68 bits per heavy atom. The van der Waals surface area contributed by atoms with E-state index in [1.54, 1.807) is 23.1 Å². The molecule has 1 amide bonds. The molecule has 1 fully saturated rings. The van der Waals surface area contributed by atoms with E-state index in [1.807, 2.05) is 30.3 Å². The van der Waals surface area contributed by atoms with Gasteiger partial charge in [0.25, 0.3) is 5.91 Å². The average molecular weight is 516 g/mol. The van der Waals surface area contributed by atoms with Crippen LogP contribution in [-0.2, 0) is 0 Å². The number of fused-ring (bicyclic) bond motifs is 1. The Morgan fingerprint density at radius 3 is 2.32 bits per heavy atom. The lowest BCUT2D eigenvalue weighted by Gasteiger charge is -2.35. The number of piperazine rings is 1. The van der Waals surface area contributed by atoms with Gasteiger partial charge in [-0.05, 0) is 29.8 Å². The fourth-order valence-corrected chi connectivity index (χ4v) is 4.93. The molecule has 3 aromatic rings. The Hall–Kier alpha value is -3.89. The molecular weight excluding hydrogens is 487 g/mol. The number of benzene rings is 2. The third kappa shape index (κ3) is 4.90. The lowest BCUT2D eigenvalue weighted by atomic mass is 9.96. The quantitative estimate of drug-likeness (QED) is 0.539. The van der Waals surface area contributed by atoms with Crippen molar-refractivity contribution in [2.24, 2.45) is 0 Å². The fourth-order valence-electron chi connectivity index (χ4n) is 4.93. The van der Waals surface area contributed by atoms with E-state index in [2.05, 4.69) is 15.3 Å². The highest BCUT2D eigenvalue weighted by atomic mass is 19.4. The van der Waals surface area contributed by atoms with Crippen molar-refractivity contribution in [1.29, 1.82) is 0 Å². The van der Waals surface area contributed by atoms with Gasteiger partial charge in [0.15, 0.2) is 23.2 Å². The van der Waals surface area contributed by atoms with E-state index in [4.69, 9.17) is 9.47 Å². The Morgan fingerprint density at radius 1 is 0.973 bits per heavy atom. The zero-order chi connectivity index (χ0) is 26.2. The minimum Gasteiger partial charge on any atom is -0.493 e. The van der Waals surface area contributed by atoms with Crippen molar-refractivity contribution in [3.05, 3.63) is 65.9 Å². The van der Waals surface area contributed by atoms with Crippen molar-refractivity contribution >= 4 is 17.4 Å². The highest BCUT2D eigenvalue weighted by molar-refractivity contribution is 5.93. The monoisotopic (exact) mass is 515 g/mol. The summed E-state index contributed by atoms with van der Waals surface area (Å²) in [6, 6.07) is 13.8. The van der Waals surface area contributed by atoms with Crippen LogP contribution in [0.2, 0.25) is 0 Å². The minimum absolute atomic E-state index is 0.00197. The van der Waals surface area contributed by atoms with E-state index in [-0.39, 0.29) is 23.8 Å². The molecule has 8 nitrogen and oxygen atoms in total. The molecule has 196 valence electrons. The number of ether oxygens (including phenoxy) is 2. The van der Waals surface area contributed by atoms with E-state index in [1.165, 1.54) is 20.3 Å². The summed E-state index contributed by atoms with van der Waals surface area (Å²) in [6.07, 6.45) is -4.82. The van der Waals surface area contributed by atoms with Crippen LogP contribution in [0.25, 0.3) is 0 Å². The topological polar surface area (TPSA) is 71.9 Å². The predicted octanol–water partition coefficient (Wildman–Crippen LogP) is 4.52. The highest BCUT2D eigenvalue weighted by Crippen LogP contribution is 2.44. The van der Waals surface area contributed by atoms with Crippen LogP contribution < -0.4 is 19.7 Å². The van der Waals surface area contributed by atoms with Crippen LogP contribution >= 0.6 is 0 Å². The second-order valence-electron chi connectivity index (χ2n) is 9.08. The molecule has 37 heavy (non-hydrogen) atoms. The van der Waals surface area contributed by atoms with E-state index in [0.717, 1.165) is 10.4 Å². The van der Waals surface area contributed by atoms with Crippen molar-refractivity contribution in [1.82, 2.24) is 14.7 Å². The van der Waals surface area contributed by atoms with Crippen LogP contribution in [0.3, 0.4) is 0 Å². The van der Waals surface area contributed by atoms with Crippen molar-refractivity contribution in [3.63, 3.8) is 0 Å². The number of anilines is 2. The van der Waals surface area contributed by atoms with Gasteiger partial charge in [0.1, 0.15) is 5.82 Å². The standard InChI is InChI=1S/C26H28F3N5O3/c1-36-21-9-8-17(14-22(21)37-2)19-15-23(26(27,28)29)34-24(30-19)16-20(31-34)25(35)33-12-10-32(11-13-33)18-6-4-3-5-7-18/h3-9,14,16,19,23,30H,10-13,15H2,1-2H3/t19-,23-/m1/s1. The van der Waals surface area contributed by atoms with Gasteiger partial charge in [-0.1, -0.05) is 24.3 Å². The molecule has 0 unspecified atom stereocenters. The summed E-state index contributed by atoms with van der Waals surface area (Å²) in [7, 11) is 2.97. The number of carbonyl (C=O) groups is 1. The number of alkyl halides is 3. The Bertz CT molecular complexity index is 1260. The maximum Gasteiger partial charge on any atom is 0.410 e. The largest absolute Gasteiger partial charge is 0.493 e. The molecular formula is C26H28F3N5O3. The molecule has 0 saturated carbocycles. The van der Waals surface area contributed by atoms with Crippen molar-refractivity contribution in [2.45, 2.75) is 24.7 Å². The molecule has 2 aromatic carbocycles. The van der Waals surface area contributed by atoms with E-state index in [0.29, 0.717) is 43.2 Å². The Kier molecular flexibility index (Phi) is 6.61. The smallest absolute Gasteiger partial charge is 0.410 e. The number of hydrogen-bond acceptors (Lipinski definition) is 6. The Labute approximate surface area is 212 Å². The normalized spacial score (nSPS) is 19.7. The zero-order valence-corrected chi connectivity index (χ0v) is 20.5. The first kappa shape index (κ1) is 24.8. The third-order valence-corrected chi connectivity index (χ3v) is 6.91. The van der Waals surface area contributed by atoms with Crippen LogP contribution in [0, 0.1) is 0 Å². The number of methoxy groups -OCH3 is 2. The maximum atomic E-state index is 14.1. The summed E-state index contributed by atoms with van der Waals surface area (Å²) in [5.41, 5.74) is 1.69. The minimum atomic E-state index is -4.54. The summed E-state index contributed by atoms with van der Waals surface area (Å²) in [4.78, 5) is 17.0. The number of nitrogens with one attached hydrogen (secondary N) is 1. The lowest BCUT2D eigenvalue weighted by Crippen LogP contribution is -2.49. The number of halogens is 3. The molecule has 0 aliphatic carbocycles. The van der Waals surface area contributed by atoms with E-state index < -0.39 is 18.3 Å². The molecule has 3 heterocycles. The first-order valence-corrected chi connectivity index (χ1v) is 12.0. The second-order valence-corrected chi connectivity index (χ2v) is 9.08. The number of rotatable bonds is 5. The van der Waals surface area contributed by atoms with Gasteiger partial charge < -0.3 is 24.6 Å². The van der Waals surface area contributed by atoms with Crippen LogP contribution in [-0.4, -0.2) is 67.2 Å². The van der Waals surface area contributed by atoms with Gasteiger partial charge in [-0.2, -0.15) is 18.3 Å². The number of nitrogens with zero attached hydrogens (tertiary/aromatic N) is 4. The molecule has 0 spiro atoms. The van der Waals surface area contributed by atoms with Gasteiger partial charge in [-0.3, -0.25) is 4.79 Å². The van der Waals surface area contributed by atoms with Crippen molar-refractivity contribution < 1.29 is 27.4 Å². The molecule has 1 aromatic heterocycles. The van der Waals surface area contributed by atoms with E-state index in [9.17, 15) is 18.0 Å². The summed E-state index contributed by atoms with van der Waals surface area (Å²) in [6.45, 7) is 2.18. The van der Waals surface area contributed by atoms with Crippen molar-refractivity contribution in [2.75, 3.05) is 50.6 Å². The molecule has 1 N–H and O–H groups in total. The zero-order valence-electron chi connectivity index (χ0n) is 20.5. The molecule has 5 rings (SSSR count). The predicted molar refractivity (Wildman–Crippen MR) is 132 cm³/mol. The van der Waals surface area contributed by atoms with Gasteiger partial charge in [-0.25, -0.2) is 4.68 Å². The summed E-state index contributed by atoms with van der Waals surface area (Å²) >= 11 is 0. The summed E-state index contributed by atoms with van der Waals surface area (Å²) in [5, 5.41) is 7.26. The highest BCUT2D eigenvalue weighted by Gasteiger charge is 2.47.